The molecular formula is C8H19BS2. The maximum absolute atomic E-state index is 4.50. The minimum absolute atomic E-state index is 0.585. The van der Waals surface area contributed by atoms with Crippen molar-refractivity contribution >= 4 is 29.4 Å². The molecule has 0 aromatic rings. The lowest BCUT2D eigenvalue weighted by Gasteiger charge is -2.04. The molecule has 0 aromatic carbocycles. The van der Waals surface area contributed by atoms with E-state index < -0.39 is 0 Å². The summed E-state index contributed by atoms with van der Waals surface area (Å²) in [5, 5.41) is 0.585. The first-order chi connectivity index (χ1) is 5.31. The van der Waals surface area contributed by atoms with Crippen molar-refractivity contribution in [2.45, 2.75) is 45.9 Å². The Hall–Kier alpha value is 0.765. The molecule has 0 unspecified atom stereocenters. The summed E-state index contributed by atoms with van der Waals surface area (Å²) >= 11 is 6.51. The third-order valence-corrected chi connectivity index (χ3v) is 3.46. The molecule has 0 bridgehead atoms. The smallest absolute Gasteiger partial charge is 0.213 e. The summed E-state index contributed by atoms with van der Waals surface area (Å²) in [4.78, 5) is 0. The fourth-order valence-electron chi connectivity index (χ4n) is 0.826. The second-order valence-electron chi connectivity index (χ2n) is 2.82. The quantitative estimate of drug-likeness (QED) is 0.362. The first kappa shape index (κ1) is 11.8. The van der Waals surface area contributed by atoms with Gasteiger partial charge in [-0.1, -0.05) is 39.4 Å². The number of rotatable bonds is 7. The van der Waals surface area contributed by atoms with Crippen LogP contribution < -0.4 is 0 Å². The van der Waals surface area contributed by atoms with Crippen molar-refractivity contribution in [2.75, 3.05) is 5.75 Å². The normalized spacial score (nSPS) is 10.1. The highest BCUT2D eigenvalue weighted by Crippen LogP contribution is 2.18. The number of unbranched alkanes of at least 4 members (excludes halogenated alkanes) is 2. The van der Waals surface area contributed by atoms with Crippen molar-refractivity contribution in [3.63, 3.8) is 0 Å². The lowest BCUT2D eigenvalue weighted by Crippen LogP contribution is -1.98. The van der Waals surface area contributed by atoms with Gasteiger partial charge in [0.1, 0.15) is 0 Å². The SMILES string of the molecule is CCCCSB(S)CCCC. The molecule has 0 aromatic heterocycles. The van der Waals surface area contributed by atoms with E-state index in [1.807, 2.05) is 11.6 Å². The monoisotopic (exact) mass is 190 g/mol. The molecule has 0 nitrogen and oxygen atoms in total. The summed E-state index contributed by atoms with van der Waals surface area (Å²) in [5.41, 5.74) is 0. The molecule has 0 aliphatic carbocycles. The average Bonchev–Trinajstić information content (AvgIpc) is 2.01. The lowest BCUT2D eigenvalue weighted by molar-refractivity contribution is 0.880. The van der Waals surface area contributed by atoms with Gasteiger partial charge < -0.3 is 0 Å². The molecule has 0 amide bonds. The second-order valence-corrected chi connectivity index (χ2v) is 5.10. The van der Waals surface area contributed by atoms with E-state index in [-0.39, 0.29) is 0 Å². The molecule has 0 rings (SSSR count). The minimum atomic E-state index is 0.585. The first-order valence-electron chi connectivity index (χ1n) is 4.61. The van der Waals surface area contributed by atoms with Gasteiger partial charge in [0, 0.05) is 0 Å². The van der Waals surface area contributed by atoms with Crippen LogP contribution in [0, 0.1) is 0 Å². The molecule has 0 atom stereocenters. The highest BCUT2D eigenvalue weighted by atomic mass is 32.2. The fourth-order valence-corrected chi connectivity index (χ4v) is 2.39. The van der Waals surface area contributed by atoms with Gasteiger partial charge in [-0.15, -0.1) is 0 Å². The molecule has 0 radical (unpaired) electrons. The topological polar surface area (TPSA) is 0 Å². The van der Waals surface area contributed by atoms with Crippen LogP contribution in [0.3, 0.4) is 0 Å². The molecular weight excluding hydrogens is 171 g/mol. The summed E-state index contributed by atoms with van der Waals surface area (Å²) < 4.78 is 0. The van der Waals surface area contributed by atoms with E-state index in [1.165, 1.54) is 37.8 Å². The van der Waals surface area contributed by atoms with E-state index in [2.05, 4.69) is 26.3 Å². The van der Waals surface area contributed by atoms with Crippen molar-refractivity contribution in [3.8, 4) is 0 Å². The summed E-state index contributed by atoms with van der Waals surface area (Å²) in [5.74, 6) is 1.29. The Labute approximate surface area is 81.2 Å². The van der Waals surface area contributed by atoms with Gasteiger partial charge in [-0.25, -0.2) is 12.5 Å². The van der Waals surface area contributed by atoms with E-state index in [4.69, 9.17) is 0 Å². The van der Waals surface area contributed by atoms with Crippen molar-refractivity contribution in [1.82, 2.24) is 0 Å². The number of hydrogen-bond donors (Lipinski definition) is 1. The summed E-state index contributed by atoms with van der Waals surface area (Å²) in [6, 6.07) is 0. The van der Waals surface area contributed by atoms with Gasteiger partial charge in [-0.2, -0.15) is 11.6 Å². The molecule has 0 spiro atoms. The van der Waals surface area contributed by atoms with Gasteiger partial charge in [-0.3, -0.25) is 0 Å². The Bertz CT molecular complexity index is 78.5. The van der Waals surface area contributed by atoms with Crippen LogP contribution in [0.15, 0.2) is 0 Å². The molecule has 0 heterocycles. The molecule has 0 saturated carbocycles. The molecule has 0 saturated heterocycles. The fraction of sp³-hybridized carbons (Fsp3) is 1.00. The zero-order chi connectivity index (χ0) is 8.53. The van der Waals surface area contributed by atoms with Crippen LogP contribution in [0.2, 0.25) is 6.32 Å². The van der Waals surface area contributed by atoms with Crippen molar-refractivity contribution in [3.05, 3.63) is 0 Å². The Kier molecular flexibility index (Phi) is 9.47. The van der Waals surface area contributed by atoms with Crippen LogP contribution in [0.1, 0.15) is 39.5 Å². The van der Waals surface area contributed by atoms with Gasteiger partial charge in [0.25, 0.3) is 5.27 Å². The van der Waals surface area contributed by atoms with Crippen LogP contribution >= 0.6 is 24.1 Å². The Morgan fingerprint density at radius 3 is 2.36 bits per heavy atom. The predicted molar refractivity (Wildman–Crippen MR) is 61.8 cm³/mol. The van der Waals surface area contributed by atoms with Crippen LogP contribution in [-0.2, 0) is 0 Å². The van der Waals surface area contributed by atoms with Crippen molar-refractivity contribution in [1.29, 1.82) is 0 Å². The van der Waals surface area contributed by atoms with Gasteiger partial charge >= 0.3 is 0 Å². The van der Waals surface area contributed by atoms with Gasteiger partial charge in [0.15, 0.2) is 0 Å². The van der Waals surface area contributed by atoms with E-state index in [0.717, 1.165) is 0 Å². The van der Waals surface area contributed by atoms with Crippen molar-refractivity contribution in [2.24, 2.45) is 0 Å². The Morgan fingerprint density at radius 1 is 1.18 bits per heavy atom. The average molecular weight is 190 g/mol. The first-order valence-corrected chi connectivity index (χ1v) is 6.17. The summed E-state index contributed by atoms with van der Waals surface area (Å²) in [6.07, 6.45) is 6.54. The number of thiol groups is 1. The Morgan fingerprint density at radius 2 is 1.82 bits per heavy atom. The molecule has 11 heavy (non-hydrogen) atoms. The highest BCUT2D eigenvalue weighted by molar-refractivity contribution is 8.48. The van der Waals surface area contributed by atoms with Crippen LogP contribution in [0.5, 0.6) is 0 Å². The van der Waals surface area contributed by atoms with Crippen LogP contribution in [0.25, 0.3) is 0 Å². The Balaban J connectivity index is 3.02. The maximum Gasteiger partial charge on any atom is 0.270 e. The molecule has 0 fully saturated rings. The van der Waals surface area contributed by atoms with Gasteiger partial charge in [0.05, 0.1) is 0 Å². The zero-order valence-electron chi connectivity index (χ0n) is 7.68. The maximum atomic E-state index is 4.50. The number of hydrogen-bond acceptors (Lipinski definition) is 2. The molecule has 66 valence electrons. The molecule has 0 aliphatic heterocycles. The van der Waals surface area contributed by atoms with E-state index in [9.17, 15) is 0 Å². The standard InChI is InChI=1S/C8H19BS2/c1-3-5-7-9(10)11-8-6-4-2/h10H,3-8H2,1-2H3. The van der Waals surface area contributed by atoms with Crippen LogP contribution in [0.4, 0.5) is 0 Å². The minimum Gasteiger partial charge on any atom is -0.213 e. The third-order valence-electron chi connectivity index (χ3n) is 1.61. The third kappa shape index (κ3) is 8.67. The molecule has 0 N–H and O–H groups in total. The van der Waals surface area contributed by atoms with E-state index in [1.54, 1.807) is 0 Å². The predicted octanol–water partition coefficient (Wildman–Crippen LogP) is 3.74. The van der Waals surface area contributed by atoms with E-state index >= 15 is 0 Å². The van der Waals surface area contributed by atoms with Gasteiger partial charge in [0.2, 0.25) is 0 Å². The highest BCUT2D eigenvalue weighted by Gasteiger charge is 2.06. The summed E-state index contributed by atoms with van der Waals surface area (Å²) in [7, 11) is 0. The lowest BCUT2D eigenvalue weighted by atomic mass is 9.97. The summed E-state index contributed by atoms with van der Waals surface area (Å²) in [6.45, 7) is 4.47. The van der Waals surface area contributed by atoms with Crippen molar-refractivity contribution < 1.29 is 0 Å². The zero-order valence-corrected chi connectivity index (χ0v) is 9.39. The largest absolute Gasteiger partial charge is 0.270 e. The second kappa shape index (κ2) is 8.86. The molecule has 0 aliphatic rings. The van der Waals surface area contributed by atoms with E-state index in [0.29, 0.717) is 5.27 Å². The van der Waals surface area contributed by atoms with Gasteiger partial charge in [-0.05, 0) is 12.2 Å². The molecule has 3 heteroatoms. The van der Waals surface area contributed by atoms with Crippen LogP contribution in [-0.4, -0.2) is 11.0 Å².